The topological polar surface area (TPSA) is 98.7 Å². The molecule has 0 atom stereocenters. The number of aliphatic carboxylic acids is 1. The molecule has 0 saturated carbocycles. The van der Waals surface area contributed by atoms with E-state index in [2.05, 4.69) is 10.6 Å². The standard InChI is InChI=1S/C27H24FN3O4/c1-16(32)31(2)21-10-8-20(9-11-21)29-26(18-5-3-4-17(14-18)6-13-24(33)34)25-22-12-7-19(28)15-23(22)30-27(25)35/h3-5,7-12,14-15,29H,6,13H2,1-2H3,(H,30,35)(H,33,34). The van der Waals surface area contributed by atoms with Crippen LogP contribution in [-0.4, -0.2) is 29.9 Å². The second-order valence-corrected chi connectivity index (χ2v) is 8.24. The van der Waals surface area contributed by atoms with Crippen molar-refractivity contribution in [3.8, 4) is 0 Å². The molecule has 3 aromatic rings. The molecular weight excluding hydrogens is 449 g/mol. The Morgan fingerprint density at radius 2 is 1.80 bits per heavy atom. The smallest absolute Gasteiger partial charge is 0.303 e. The molecule has 2 amide bonds. The van der Waals surface area contributed by atoms with E-state index in [1.165, 1.54) is 24.0 Å². The van der Waals surface area contributed by atoms with Crippen LogP contribution in [0.3, 0.4) is 0 Å². The van der Waals surface area contributed by atoms with Crippen LogP contribution in [0.4, 0.5) is 21.5 Å². The van der Waals surface area contributed by atoms with Crippen molar-refractivity contribution in [3.05, 3.63) is 89.2 Å². The lowest BCUT2D eigenvalue weighted by atomic mass is 9.97. The van der Waals surface area contributed by atoms with Crippen molar-refractivity contribution in [1.29, 1.82) is 0 Å². The zero-order valence-corrected chi connectivity index (χ0v) is 19.3. The summed E-state index contributed by atoms with van der Waals surface area (Å²) in [6.45, 7) is 1.48. The average Bonchev–Trinajstić information content (AvgIpc) is 3.15. The lowest BCUT2D eigenvalue weighted by Gasteiger charge is -2.18. The fourth-order valence-corrected chi connectivity index (χ4v) is 3.90. The third-order valence-corrected chi connectivity index (χ3v) is 5.82. The average molecular weight is 474 g/mol. The molecule has 4 rings (SSSR count). The number of aryl methyl sites for hydroxylation is 1. The first-order chi connectivity index (χ1) is 16.7. The van der Waals surface area contributed by atoms with Crippen LogP contribution in [0.2, 0.25) is 0 Å². The number of amides is 2. The van der Waals surface area contributed by atoms with E-state index in [1.807, 2.05) is 18.2 Å². The van der Waals surface area contributed by atoms with Crippen LogP contribution in [0.15, 0.2) is 66.7 Å². The van der Waals surface area contributed by atoms with Gasteiger partial charge in [0.15, 0.2) is 0 Å². The molecule has 0 aromatic heterocycles. The van der Waals surface area contributed by atoms with Gasteiger partial charge in [-0.3, -0.25) is 14.4 Å². The SMILES string of the molecule is CC(=O)N(C)c1ccc(NC(=C2C(=O)Nc3cc(F)ccc32)c2cccc(CCC(=O)O)c2)cc1. The zero-order chi connectivity index (χ0) is 25.1. The molecule has 178 valence electrons. The zero-order valence-electron chi connectivity index (χ0n) is 19.3. The van der Waals surface area contributed by atoms with Crippen molar-refractivity contribution in [2.24, 2.45) is 0 Å². The summed E-state index contributed by atoms with van der Waals surface area (Å²) in [7, 11) is 1.68. The van der Waals surface area contributed by atoms with Gasteiger partial charge in [0.2, 0.25) is 5.91 Å². The quantitative estimate of drug-likeness (QED) is 0.430. The molecule has 3 N–H and O–H groups in total. The molecule has 0 radical (unpaired) electrons. The molecule has 0 aliphatic carbocycles. The van der Waals surface area contributed by atoms with E-state index in [-0.39, 0.29) is 18.2 Å². The van der Waals surface area contributed by atoms with Crippen LogP contribution in [-0.2, 0) is 20.8 Å². The Balaban J connectivity index is 1.80. The summed E-state index contributed by atoms with van der Waals surface area (Å²) in [5.74, 6) is -1.83. The van der Waals surface area contributed by atoms with E-state index in [4.69, 9.17) is 5.11 Å². The summed E-state index contributed by atoms with van der Waals surface area (Å²) >= 11 is 0. The molecule has 1 aliphatic rings. The highest BCUT2D eigenvalue weighted by Crippen LogP contribution is 2.38. The van der Waals surface area contributed by atoms with Crippen LogP contribution in [0, 0.1) is 5.82 Å². The fourth-order valence-electron chi connectivity index (χ4n) is 3.90. The van der Waals surface area contributed by atoms with Gasteiger partial charge in [0, 0.05) is 37.3 Å². The van der Waals surface area contributed by atoms with Crippen molar-refractivity contribution >= 4 is 46.1 Å². The number of hydrogen-bond acceptors (Lipinski definition) is 4. The number of carbonyl (C=O) groups excluding carboxylic acids is 2. The third kappa shape index (κ3) is 5.22. The number of nitrogens with one attached hydrogen (secondary N) is 2. The molecule has 3 aromatic carbocycles. The number of fused-ring (bicyclic) bond motifs is 1. The van der Waals surface area contributed by atoms with Gasteiger partial charge in [-0.2, -0.15) is 0 Å². The number of anilines is 3. The number of rotatable bonds is 7. The van der Waals surface area contributed by atoms with Crippen molar-refractivity contribution in [1.82, 2.24) is 0 Å². The van der Waals surface area contributed by atoms with Gasteiger partial charge in [0.25, 0.3) is 5.91 Å². The Hall–Kier alpha value is -4.46. The van der Waals surface area contributed by atoms with Gasteiger partial charge in [-0.25, -0.2) is 4.39 Å². The fraction of sp³-hybridized carbons (Fsp3) is 0.148. The van der Waals surface area contributed by atoms with E-state index in [0.717, 1.165) is 5.56 Å². The van der Waals surface area contributed by atoms with E-state index in [0.29, 0.717) is 45.9 Å². The third-order valence-electron chi connectivity index (χ3n) is 5.82. The maximum atomic E-state index is 13.8. The maximum Gasteiger partial charge on any atom is 0.303 e. The van der Waals surface area contributed by atoms with Crippen LogP contribution in [0.1, 0.15) is 30.0 Å². The summed E-state index contributed by atoms with van der Waals surface area (Å²) in [6, 6.07) is 18.6. The first kappa shape index (κ1) is 23.7. The van der Waals surface area contributed by atoms with Gasteiger partial charge in [0.05, 0.1) is 17.0 Å². The molecule has 8 heteroatoms. The summed E-state index contributed by atoms with van der Waals surface area (Å²) < 4.78 is 13.8. The predicted molar refractivity (Wildman–Crippen MR) is 133 cm³/mol. The largest absolute Gasteiger partial charge is 0.481 e. The van der Waals surface area contributed by atoms with E-state index in [9.17, 15) is 18.8 Å². The van der Waals surface area contributed by atoms with Crippen LogP contribution >= 0.6 is 0 Å². The Bertz CT molecular complexity index is 1350. The van der Waals surface area contributed by atoms with Gasteiger partial charge in [-0.1, -0.05) is 18.2 Å². The van der Waals surface area contributed by atoms with Crippen molar-refractivity contribution < 1.29 is 23.9 Å². The molecule has 0 fully saturated rings. The number of nitrogens with zero attached hydrogens (tertiary/aromatic N) is 1. The summed E-state index contributed by atoms with van der Waals surface area (Å²) in [6.07, 6.45) is 0.322. The van der Waals surface area contributed by atoms with Gasteiger partial charge in [-0.05, 0) is 66.1 Å². The summed E-state index contributed by atoms with van der Waals surface area (Å²) in [5, 5.41) is 15.1. The van der Waals surface area contributed by atoms with Gasteiger partial charge < -0.3 is 20.6 Å². The van der Waals surface area contributed by atoms with Crippen LogP contribution in [0.25, 0.3) is 11.3 Å². The van der Waals surface area contributed by atoms with Crippen LogP contribution in [0.5, 0.6) is 0 Å². The van der Waals surface area contributed by atoms with Crippen LogP contribution < -0.4 is 15.5 Å². The molecule has 0 bridgehead atoms. The molecule has 7 nitrogen and oxygen atoms in total. The minimum absolute atomic E-state index is 0.0173. The molecular formula is C27H24FN3O4. The highest BCUT2D eigenvalue weighted by atomic mass is 19.1. The van der Waals surface area contributed by atoms with Gasteiger partial charge in [-0.15, -0.1) is 0 Å². The number of halogens is 1. The minimum atomic E-state index is -0.895. The number of carbonyl (C=O) groups is 3. The number of hydrogen-bond donors (Lipinski definition) is 3. The highest BCUT2D eigenvalue weighted by Gasteiger charge is 2.29. The molecule has 1 aliphatic heterocycles. The second-order valence-electron chi connectivity index (χ2n) is 8.24. The van der Waals surface area contributed by atoms with Gasteiger partial charge in [0.1, 0.15) is 5.82 Å². The molecule has 0 unspecified atom stereocenters. The Kier molecular flexibility index (Phi) is 6.64. The van der Waals surface area contributed by atoms with E-state index >= 15 is 0 Å². The Morgan fingerprint density at radius 3 is 2.49 bits per heavy atom. The van der Waals surface area contributed by atoms with Crippen molar-refractivity contribution in [2.75, 3.05) is 22.6 Å². The Labute approximate surface area is 201 Å². The van der Waals surface area contributed by atoms with E-state index in [1.54, 1.807) is 43.4 Å². The van der Waals surface area contributed by atoms with Crippen molar-refractivity contribution in [3.63, 3.8) is 0 Å². The van der Waals surface area contributed by atoms with E-state index < -0.39 is 11.8 Å². The first-order valence-electron chi connectivity index (χ1n) is 11.0. The first-order valence-corrected chi connectivity index (χ1v) is 11.0. The maximum absolute atomic E-state index is 13.8. The number of benzene rings is 3. The molecule has 35 heavy (non-hydrogen) atoms. The lowest BCUT2D eigenvalue weighted by Crippen LogP contribution is -2.22. The molecule has 0 saturated heterocycles. The van der Waals surface area contributed by atoms with Gasteiger partial charge >= 0.3 is 5.97 Å². The predicted octanol–water partition coefficient (Wildman–Crippen LogP) is 4.76. The number of carboxylic acid groups (broad SMARTS) is 1. The summed E-state index contributed by atoms with van der Waals surface area (Å²) in [4.78, 5) is 37.2. The summed E-state index contributed by atoms with van der Waals surface area (Å²) in [5.41, 5.74) is 4.66. The minimum Gasteiger partial charge on any atom is -0.481 e. The van der Waals surface area contributed by atoms with Crippen molar-refractivity contribution in [2.45, 2.75) is 19.8 Å². The second kappa shape index (κ2) is 9.80. The normalized spacial score (nSPS) is 13.6. The molecule has 0 spiro atoms. The Morgan fingerprint density at radius 1 is 1.06 bits per heavy atom. The lowest BCUT2D eigenvalue weighted by molar-refractivity contribution is -0.137. The monoisotopic (exact) mass is 473 g/mol. The highest BCUT2D eigenvalue weighted by molar-refractivity contribution is 6.37. The number of carboxylic acids is 1. The molecule has 1 heterocycles.